The van der Waals surface area contributed by atoms with Gasteiger partial charge in [0.2, 0.25) is 5.90 Å². The number of ether oxygens (including phenoxy) is 2. The Morgan fingerprint density at radius 2 is 2.04 bits per heavy atom. The monoisotopic (exact) mass is 311 g/mol. The third kappa shape index (κ3) is 3.13. The van der Waals surface area contributed by atoms with Crippen LogP contribution in [0.3, 0.4) is 0 Å². The van der Waals surface area contributed by atoms with Gasteiger partial charge in [0.25, 0.3) is 0 Å². The third-order valence-corrected chi connectivity index (χ3v) is 3.41. The summed E-state index contributed by atoms with van der Waals surface area (Å²) >= 11 is 0. The summed E-state index contributed by atoms with van der Waals surface area (Å²) in [5.74, 6) is -0.0988. The lowest BCUT2D eigenvalue weighted by Gasteiger charge is -2.04. The van der Waals surface area contributed by atoms with E-state index in [1.165, 1.54) is 18.2 Å². The maximum absolute atomic E-state index is 13.3. The number of rotatable bonds is 3. The molecule has 0 aromatic heterocycles. The number of carbonyl (C=O) groups excluding carboxylic acids is 1. The fourth-order valence-electron chi connectivity index (χ4n) is 2.30. The van der Waals surface area contributed by atoms with Gasteiger partial charge in [0, 0.05) is 5.56 Å². The lowest BCUT2D eigenvalue weighted by Crippen LogP contribution is -2.05. The molecule has 23 heavy (non-hydrogen) atoms. The highest BCUT2D eigenvalue weighted by atomic mass is 19.1. The van der Waals surface area contributed by atoms with E-state index in [2.05, 4.69) is 4.99 Å². The summed E-state index contributed by atoms with van der Waals surface area (Å²) in [5, 5.41) is 0. The Kier molecular flexibility index (Phi) is 3.93. The number of aliphatic imine (C=N–C) groups is 1. The van der Waals surface area contributed by atoms with Crippen molar-refractivity contribution < 1.29 is 18.7 Å². The first kappa shape index (κ1) is 15.0. The van der Waals surface area contributed by atoms with Crippen LogP contribution in [0.4, 0.5) is 4.39 Å². The van der Waals surface area contributed by atoms with Crippen molar-refractivity contribution in [2.45, 2.75) is 6.92 Å². The van der Waals surface area contributed by atoms with Gasteiger partial charge in [0.1, 0.15) is 11.6 Å². The molecule has 0 N–H and O–H groups in total. The van der Waals surface area contributed by atoms with Crippen molar-refractivity contribution in [2.75, 3.05) is 7.11 Å². The van der Waals surface area contributed by atoms with Gasteiger partial charge in [-0.2, -0.15) is 0 Å². The summed E-state index contributed by atoms with van der Waals surface area (Å²) in [6.07, 6.45) is 1.63. The molecule has 1 aliphatic heterocycles. The highest BCUT2D eigenvalue weighted by Crippen LogP contribution is 2.23. The summed E-state index contributed by atoms with van der Waals surface area (Å²) in [6.45, 7) is 1.91. The zero-order chi connectivity index (χ0) is 16.4. The minimum Gasteiger partial charge on any atom is -0.496 e. The number of carbonyl (C=O) groups is 1. The van der Waals surface area contributed by atoms with Crippen molar-refractivity contribution in [2.24, 2.45) is 4.99 Å². The maximum Gasteiger partial charge on any atom is 0.363 e. The molecule has 0 bridgehead atoms. The largest absolute Gasteiger partial charge is 0.496 e. The molecule has 2 aromatic rings. The molecule has 5 heteroatoms. The quantitative estimate of drug-likeness (QED) is 0.644. The Balaban J connectivity index is 1.93. The maximum atomic E-state index is 13.3. The lowest BCUT2D eigenvalue weighted by molar-refractivity contribution is -0.129. The average molecular weight is 311 g/mol. The van der Waals surface area contributed by atoms with Crippen molar-refractivity contribution in [1.29, 1.82) is 0 Å². The van der Waals surface area contributed by atoms with Gasteiger partial charge in [0.05, 0.1) is 7.11 Å². The number of cyclic esters (lactones) is 1. The predicted octanol–water partition coefficient (Wildman–Crippen LogP) is 3.49. The third-order valence-electron chi connectivity index (χ3n) is 3.41. The SMILES string of the molecule is COc1ccc(/C=C2/N=C(c3cccc(F)c3)OC2=O)cc1C. The summed E-state index contributed by atoms with van der Waals surface area (Å²) in [7, 11) is 1.60. The van der Waals surface area contributed by atoms with E-state index in [1.54, 1.807) is 19.3 Å². The van der Waals surface area contributed by atoms with Gasteiger partial charge >= 0.3 is 5.97 Å². The van der Waals surface area contributed by atoms with E-state index in [9.17, 15) is 9.18 Å². The predicted molar refractivity (Wildman–Crippen MR) is 84.7 cm³/mol. The number of aryl methyl sites for hydroxylation is 1. The molecule has 0 amide bonds. The summed E-state index contributed by atoms with van der Waals surface area (Å²) in [6, 6.07) is 11.3. The molecule has 116 valence electrons. The molecule has 1 aliphatic rings. The van der Waals surface area contributed by atoms with Crippen molar-refractivity contribution >= 4 is 17.9 Å². The second-order valence-electron chi connectivity index (χ2n) is 5.08. The lowest BCUT2D eigenvalue weighted by atomic mass is 10.1. The fraction of sp³-hybridized carbons (Fsp3) is 0.111. The summed E-state index contributed by atoms with van der Waals surface area (Å²) in [4.78, 5) is 16.1. The standard InChI is InChI=1S/C18H14FNO3/c1-11-8-12(6-7-16(11)22-2)9-15-18(21)23-17(20-15)13-4-3-5-14(19)10-13/h3-10H,1-2H3/b15-9+. The zero-order valence-electron chi connectivity index (χ0n) is 12.7. The van der Waals surface area contributed by atoms with Crippen molar-refractivity contribution in [3.05, 3.63) is 70.7 Å². The Bertz CT molecular complexity index is 840. The number of benzene rings is 2. The Hall–Kier alpha value is -2.95. The number of halogens is 1. The number of hydrogen-bond donors (Lipinski definition) is 0. The van der Waals surface area contributed by atoms with Gasteiger partial charge in [-0.15, -0.1) is 0 Å². The van der Waals surface area contributed by atoms with Crippen LogP contribution in [0.25, 0.3) is 6.08 Å². The molecule has 0 spiro atoms. The zero-order valence-corrected chi connectivity index (χ0v) is 12.7. The van der Waals surface area contributed by atoms with Crippen LogP contribution in [-0.2, 0) is 9.53 Å². The van der Waals surface area contributed by atoms with E-state index in [-0.39, 0.29) is 11.6 Å². The first-order valence-corrected chi connectivity index (χ1v) is 7.00. The Morgan fingerprint density at radius 1 is 1.22 bits per heavy atom. The molecule has 0 radical (unpaired) electrons. The molecule has 3 rings (SSSR count). The molecule has 0 saturated heterocycles. The van der Waals surface area contributed by atoms with Gasteiger partial charge in [0.15, 0.2) is 5.70 Å². The second-order valence-corrected chi connectivity index (χ2v) is 5.08. The second kappa shape index (κ2) is 6.04. The van der Waals surface area contributed by atoms with E-state index in [4.69, 9.17) is 9.47 Å². The minimum atomic E-state index is -0.558. The molecule has 0 saturated carbocycles. The Morgan fingerprint density at radius 3 is 2.74 bits per heavy atom. The van der Waals surface area contributed by atoms with Crippen LogP contribution in [0.1, 0.15) is 16.7 Å². The molecule has 0 unspecified atom stereocenters. The minimum absolute atomic E-state index is 0.103. The highest BCUT2D eigenvalue weighted by Gasteiger charge is 2.24. The topological polar surface area (TPSA) is 47.9 Å². The van der Waals surface area contributed by atoms with Crippen molar-refractivity contribution in [3.8, 4) is 5.75 Å². The van der Waals surface area contributed by atoms with Gasteiger partial charge in [-0.25, -0.2) is 14.2 Å². The van der Waals surface area contributed by atoms with E-state index < -0.39 is 11.8 Å². The highest BCUT2D eigenvalue weighted by molar-refractivity contribution is 6.12. The van der Waals surface area contributed by atoms with E-state index in [1.807, 2.05) is 25.1 Å². The molecule has 4 nitrogen and oxygen atoms in total. The normalized spacial score (nSPS) is 15.5. The number of methoxy groups -OCH3 is 1. The number of nitrogens with zero attached hydrogens (tertiary/aromatic N) is 1. The molecular weight excluding hydrogens is 297 g/mol. The van der Waals surface area contributed by atoms with E-state index in [0.29, 0.717) is 5.56 Å². The van der Waals surface area contributed by atoms with Gasteiger partial charge < -0.3 is 9.47 Å². The number of hydrogen-bond acceptors (Lipinski definition) is 4. The first-order valence-electron chi connectivity index (χ1n) is 7.00. The Labute approximate surface area is 132 Å². The van der Waals surface area contributed by atoms with Crippen LogP contribution in [0, 0.1) is 12.7 Å². The fourth-order valence-corrected chi connectivity index (χ4v) is 2.30. The first-order chi connectivity index (χ1) is 11.1. The van der Waals surface area contributed by atoms with Crippen LogP contribution >= 0.6 is 0 Å². The van der Waals surface area contributed by atoms with Crippen LogP contribution in [0.5, 0.6) is 5.75 Å². The molecular formula is C18H14FNO3. The molecule has 0 atom stereocenters. The van der Waals surface area contributed by atoms with Gasteiger partial charge in [-0.1, -0.05) is 12.1 Å². The molecule has 0 fully saturated rings. The average Bonchev–Trinajstić information content (AvgIpc) is 2.89. The molecule has 1 heterocycles. The van der Waals surface area contributed by atoms with Crippen LogP contribution in [-0.4, -0.2) is 19.0 Å². The van der Waals surface area contributed by atoms with E-state index in [0.717, 1.165) is 16.9 Å². The van der Waals surface area contributed by atoms with Gasteiger partial charge in [-0.05, 0) is 54.5 Å². The molecule has 0 aliphatic carbocycles. The summed E-state index contributed by atoms with van der Waals surface area (Å²) in [5.41, 5.74) is 2.35. The van der Waals surface area contributed by atoms with Crippen LogP contribution < -0.4 is 4.74 Å². The van der Waals surface area contributed by atoms with Gasteiger partial charge in [-0.3, -0.25) is 0 Å². The van der Waals surface area contributed by atoms with Crippen molar-refractivity contribution in [1.82, 2.24) is 0 Å². The summed E-state index contributed by atoms with van der Waals surface area (Å²) < 4.78 is 23.6. The van der Waals surface area contributed by atoms with E-state index >= 15 is 0 Å². The van der Waals surface area contributed by atoms with Crippen molar-refractivity contribution in [3.63, 3.8) is 0 Å². The van der Waals surface area contributed by atoms with Crippen LogP contribution in [0.2, 0.25) is 0 Å². The smallest absolute Gasteiger partial charge is 0.363 e. The van der Waals surface area contributed by atoms with Crippen LogP contribution in [0.15, 0.2) is 53.2 Å². The number of esters is 1. The molecule has 2 aromatic carbocycles.